The molecule has 2 rings (SSSR count). The summed E-state index contributed by atoms with van der Waals surface area (Å²) in [6.07, 6.45) is -5.33. The topological polar surface area (TPSA) is 85.1 Å². The Labute approximate surface area is 168 Å². The summed E-state index contributed by atoms with van der Waals surface area (Å²) in [5.74, 6) is -0.977. The quantitative estimate of drug-likeness (QED) is 0.671. The first-order valence-electron chi connectivity index (χ1n) is 8.39. The van der Waals surface area contributed by atoms with Gasteiger partial charge in [-0.15, -0.1) is 13.2 Å². The van der Waals surface area contributed by atoms with Crippen molar-refractivity contribution in [2.24, 2.45) is 0 Å². The van der Waals surface area contributed by atoms with Crippen LogP contribution in [0.5, 0.6) is 5.75 Å². The van der Waals surface area contributed by atoms with E-state index in [9.17, 15) is 22.8 Å². The van der Waals surface area contributed by atoms with Gasteiger partial charge in [0.1, 0.15) is 11.4 Å². The molecule has 1 heterocycles. The molecule has 2 amide bonds. The summed E-state index contributed by atoms with van der Waals surface area (Å²) in [5.41, 5.74) is 5.06. The van der Waals surface area contributed by atoms with E-state index in [1.54, 1.807) is 20.8 Å². The second-order valence-corrected chi connectivity index (χ2v) is 8.03. The molecule has 0 bridgehead atoms. The summed E-state index contributed by atoms with van der Waals surface area (Å²) < 4.78 is 46.3. The number of amides is 2. The highest BCUT2D eigenvalue weighted by Crippen LogP contribution is 2.33. The Morgan fingerprint density at radius 3 is 2.07 bits per heavy atom. The van der Waals surface area contributed by atoms with Gasteiger partial charge in [0.15, 0.2) is 0 Å². The molecule has 1 aromatic carbocycles. The van der Waals surface area contributed by atoms with E-state index in [-0.39, 0.29) is 41.9 Å². The number of hydrogen-bond donors (Lipinski definition) is 1. The number of alkyl halides is 3. The first-order valence-corrected chi connectivity index (χ1v) is 9.18. The largest absolute Gasteiger partial charge is 0.573 e. The Balaban J connectivity index is 2.06. The highest BCUT2D eigenvalue weighted by Gasteiger charge is 2.33. The normalized spacial score (nSPS) is 15.4. The zero-order valence-corrected chi connectivity index (χ0v) is 17.2. The number of piperazine rings is 1. The molecule has 1 saturated heterocycles. The van der Waals surface area contributed by atoms with E-state index < -0.39 is 29.7 Å². The molecule has 1 fully saturated rings. The van der Waals surface area contributed by atoms with Crippen molar-refractivity contribution in [1.29, 1.82) is 0 Å². The smallest absolute Gasteiger partial charge is 0.444 e. The van der Waals surface area contributed by atoms with E-state index in [1.165, 1.54) is 9.80 Å². The fraction of sp³-hybridized carbons (Fsp3) is 0.529. The molecule has 7 nitrogen and oxygen atoms in total. The average Bonchev–Trinajstić information content (AvgIpc) is 2.51. The minimum atomic E-state index is -4.87. The van der Waals surface area contributed by atoms with Gasteiger partial charge < -0.3 is 25.0 Å². The molecule has 0 saturated carbocycles. The number of nitrogen functional groups attached to an aromatic ring is 1. The highest BCUT2D eigenvalue weighted by atomic mass is 79.9. The molecule has 0 spiro atoms. The van der Waals surface area contributed by atoms with Gasteiger partial charge in [0.25, 0.3) is 5.91 Å². The van der Waals surface area contributed by atoms with Crippen LogP contribution in [0.1, 0.15) is 31.1 Å². The van der Waals surface area contributed by atoms with Crippen LogP contribution in [-0.4, -0.2) is 59.9 Å². The Bertz CT molecular complexity index is 734. The fourth-order valence-corrected chi connectivity index (χ4v) is 3.22. The minimum absolute atomic E-state index is 0.0419. The maximum atomic E-state index is 12.8. The van der Waals surface area contributed by atoms with Gasteiger partial charge in [0.2, 0.25) is 0 Å². The Morgan fingerprint density at radius 2 is 1.61 bits per heavy atom. The molecule has 2 N–H and O–H groups in total. The van der Waals surface area contributed by atoms with E-state index in [0.717, 1.165) is 12.1 Å². The molecule has 0 aliphatic carbocycles. The van der Waals surface area contributed by atoms with Crippen LogP contribution in [0.4, 0.5) is 23.7 Å². The van der Waals surface area contributed by atoms with E-state index in [1.807, 2.05) is 0 Å². The van der Waals surface area contributed by atoms with Crippen LogP contribution in [0.3, 0.4) is 0 Å². The average molecular weight is 468 g/mol. The van der Waals surface area contributed by atoms with Crippen molar-refractivity contribution in [2.45, 2.75) is 32.7 Å². The molecule has 0 radical (unpaired) electrons. The first kappa shape index (κ1) is 22.1. The third-order valence-corrected chi connectivity index (χ3v) is 4.39. The summed E-state index contributed by atoms with van der Waals surface area (Å²) in [6.45, 7) is 6.31. The number of anilines is 1. The van der Waals surface area contributed by atoms with Crippen molar-refractivity contribution in [2.75, 3.05) is 31.9 Å². The van der Waals surface area contributed by atoms with Crippen molar-refractivity contribution >= 4 is 33.6 Å². The Hall–Kier alpha value is -2.17. The second-order valence-electron chi connectivity index (χ2n) is 7.18. The van der Waals surface area contributed by atoms with Gasteiger partial charge in [-0.3, -0.25) is 4.79 Å². The number of carbonyl (C=O) groups is 2. The van der Waals surface area contributed by atoms with Gasteiger partial charge in [-0.1, -0.05) is 0 Å². The van der Waals surface area contributed by atoms with Gasteiger partial charge in [-0.2, -0.15) is 0 Å². The van der Waals surface area contributed by atoms with Crippen molar-refractivity contribution in [3.05, 3.63) is 22.2 Å². The number of nitrogens with two attached hydrogens (primary N) is 1. The van der Waals surface area contributed by atoms with Crippen molar-refractivity contribution in [1.82, 2.24) is 9.80 Å². The number of carbonyl (C=O) groups excluding carboxylic acids is 2. The summed E-state index contributed by atoms with van der Waals surface area (Å²) >= 11 is 3.08. The van der Waals surface area contributed by atoms with Crippen LogP contribution in [0.2, 0.25) is 0 Å². The molecule has 0 atom stereocenters. The van der Waals surface area contributed by atoms with Crippen LogP contribution >= 0.6 is 15.9 Å². The minimum Gasteiger partial charge on any atom is -0.444 e. The Morgan fingerprint density at radius 1 is 1.07 bits per heavy atom. The number of nitrogens with zero attached hydrogens (tertiary/aromatic N) is 2. The highest BCUT2D eigenvalue weighted by molar-refractivity contribution is 9.10. The number of rotatable bonds is 2. The second kappa shape index (κ2) is 8.06. The maximum Gasteiger partial charge on any atom is 0.573 e. The first-order chi connectivity index (χ1) is 12.8. The predicted octanol–water partition coefficient (Wildman–Crippen LogP) is 3.62. The molecule has 1 aromatic rings. The molecular formula is C17H21BrF3N3O4. The lowest BCUT2D eigenvalue weighted by molar-refractivity contribution is -0.274. The maximum absolute atomic E-state index is 12.8. The number of benzene rings is 1. The van der Waals surface area contributed by atoms with Crippen LogP contribution in [0.25, 0.3) is 0 Å². The third kappa shape index (κ3) is 5.91. The summed E-state index contributed by atoms with van der Waals surface area (Å²) in [7, 11) is 0. The predicted molar refractivity (Wildman–Crippen MR) is 98.9 cm³/mol. The van der Waals surface area contributed by atoms with Crippen molar-refractivity contribution in [3.8, 4) is 5.75 Å². The van der Waals surface area contributed by atoms with Crippen molar-refractivity contribution < 1.29 is 32.2 Å². The summed E-state index contributed by atoms with van der Waals surface area (Å²) in [6, 6.07) is 1.98. The molecule has 11 heteroatoms. The van der Waals surface area contributed by atoms with Crippen LogP contribution in [-0.2, 0) is 4.74 Å². The molecule has 28 heavy (non-hydrogen) atoms. The summed E-state index contributed by atoms with van der Waals surface area (Å²) in [5, 5.41) is 0. The standard InChI is InChI=1S/C17H21BrF3N3O4/c1-16(2,3)28-15(26)24-6-4-23(5-7-24)14(25)13-11(18)8-10(9-12(13)22)27-17(19,20)21/h8-9H,4-7,22H2,1-3H3. The molecule has 0 aromatic heterocycles. The van der Waals surface area contributed by atoms with E-state index in [0.29, 0.717) is 0 Å². The molecule has 1 aliphatic heterocycles. The molecule has 0 unspecified atom stereocenters. The van der Waals surface area contributed by atoms with Gasteiger partial charge in [0.05, 0.1) is 5.56 Å². The monoisotopic (exact) mass is 467 g/mol. The van der Waals surface area contributed by atoms with Gasteiger partial charge in [0, 0.05) is 42.4 Å². The van der Waals surface area contributed by atoms with Gasteiger partial charge in [-0.05, 0) is 42.8 Å². The lowest BCUT2D eigenvalue weighted by Gasteiger charge is -2.35. The van der Waals surface area contributed by atoms with Crippen molar-refractivity contribution in [3.63, 3.8) is 0 Å². The van der Waals surface area contributed by atoms with E-state index >= 15 is 0 Å². The van der Waals surface area contributed by atoms with Gasteiger partial charge >= 0.3 is 12.5 Å². The summed E-state index contributed by atoms with van der Waals surface area (Å²) in [4.78, 5) is 27.8. The third-order valence-electron chi connectivity index (χ3n) is 3.76. The number of halogens is 4. The molecule has 156 valence electrons. The molecule has 1 aliphatic rings. The van der Waals surface area contributed by atoms with E-state index in [4.69, 9.17) is 10.5 Å². The zero-order valence-electron chi connectivity index (χ0n) is 15.6. The number of hydrogen-bond acceptors (Lipinski definition) is 5. The lowest BCUT2D eigenvalue weighted by atomic mass is 10.1. The zero-order chi connectivity index (χ0) is 21.3. The van der Waals surface area contributed by atoms with Crippen LogP contribution < -0.4 is 10.5 Å². The fourth-order valence-electron chi connectivity index (χ4n) is 2.60. The van der Waals surface area contributed by atoms with Crippen LogP contribution in [0.15, 0.2) is 16.6 Å². The lowest BCUT2D eigenvalue weighted by Crippen LogP contribution is -2.51. The SMILES string of the molecule is CC(C)(C)OC(=O)N1CCN(C(=O)c2c(N)cc(OC(F)(F)F)cc2Br)CC1. The Kier molecular flexibility index (Phi) is 6.37. The van der Waals surface area contributed by atoms with Crippen LogP contribution in [0, 0.1) is 0 Å². The van der Waals surface area contributed by atoms with Gasteiger partial charge in [-0.25, -0.2) is 4.79 Å². The molecular weight excluding hydrogens is 447 g/mol. The van der Waals surface area contributed by atoms with E-state index in [2.05, 4.69) is 20.7 Å². The number of ether oxygens (including phenoxy) is 2.